The molecule has 3 atom stereocenters. The van der Waals surface area contributed by atoms with Crippen molar-refractivity contribution in [3.8, 4) is 11.5 Å². The molecule has 1 saturated heterocycles. The normalized spacial score (nSPS) is 24.3. The first kappa shape index (κ1) is 17.5. The largest absolute Gasteiger partial charge is 0.457 e. The summed E-state index contributed by atoms with van der Waals surface area (Å²) in [6.07, 6.45) is 4.70. The van der Waals surface area contributed by atoms with Gasteiger partial charge >= 0.3 is 0 Å². The zero-order chi connectivity index (χ0) is 19.1. The van der Waals surface area contributed by atoms with E-state index in [0.29, 0.717) is 17.9 Å². The maximum Gasteiger partial charge on any atom is 0.238 e. The van der Waals surface area contributed by atoms with E-state index in [1.165, 1.54) is 10.5 Å². The van der Waals surface area contributed by atoms with Crippen LogP contribution in [0.25, 0.3) is 0 Å². The monoisotopic (exact) mass is 361 g/mol. The molecule has 1 aliphatic carbocycles. The topological polar surface area (TPSA) is 46.6 Å². The minimum atomic E-state index is -0.242. The highest BCUT2D eigenvalue weighted by atomic mass is 16.5. The van der Waals surface area contributed by atoms with Crippen LogP contribution in [0.4, 0.5) is 5.69 Å². The number of carbonyl (C=O) groups is 2. The molecule has 0 bridgehead atoms. The van der Waals surface area contributed by atoms with Gasteiger partial charge in [-0.05, 0) is 67.6 Å². The van der Waals surface area contributed by atoms with Gasteiger partial charge < -0.3 is 4.74 Å². The van der Waals surface area contributed by atoms with E-state index in [4.69, 9.17) is 4.74 Å². The zero-order valence-corrected chi connectivity index (χ0v) is 15.8. The fourth-order valence-corrected chi connectivity index (χ4v) is 4.03. The van der Waals surface area contributed by atoms with E-state index in [2.05, 4.69) is 0 Å². The number of allylic oxidation sites excluding steroid dienone is 2. The maximum absolute atomic E-state index is 12.9. The van der Waals surface area contributed by atoms with Gasteiger partial charge in [0.15, 0.2) is 0 Å². The summed E-state index contributed by atoms with van der Waals surface area (Å²) in [5.74, 6) is 0.921. The van der Waals surface area contributed by atoms with Crippen molar-refractivity contribution in [1.82, 2.24) is 0 Å². The SMILES string of the molecule is Cc1cccc(Oc2ccc(N3C(=O)[C@@H]4[C@H](C)C=CC[C@H]4C3=O)cc2)c1C. The summed E-state index contributed by atoms with van der Waals surface area (Å²) in [6, 6.07) is 13.1. The van der Waals surface area contributed by atoms with Crippen molar-refractivity contribution in [1.29, 1.82) is 0 Å². The number of amides is 2. The third-order valence-corrected chi connectivity index (χ3v) is 5.75. The predicted molar refractivity (Wildman–Crippen MR) is 105 cm³/mol. The lowest BCUT2D eigenvalue weighted by atomic mass is 9.78. The number of benzene rings is 2. The van der Waals surface area contributed by atoms with Crippen molar-refractivity contribution in [2.45, 2.75) is 27.2 Å². The van der Waals surface area contributed by atoms with Gasteiger partial charge in [-0.15, -0.1) is 0 Å². The number of anilines is 1. The van der Waals surface area contributed by atoms with Gasteiger partial charge in [0.25, 0.3) is 0 Å². The summed E-state index contributed by atoms with van der Waals surface area (Å²) >= 11 is 0. The van der Waals surface area contributed by atoms with Gasteiger partial charge in [0.1, 0.15) is 11.5 Å². The quantitative estimate of drug-likeness (QED) is 0.583. The molecule has 2 amide bonds. The smallest absolute Gasteiger partial charge is 0.238 e. The molecule has 1 heterocycles. The van der Waals surface area contributed by atoms with Crippen LogP contribution in [0.2, 0.25) is 0 Å². The number of hydrogen-bond donors (Lipinski definition) is 0. The Bertz CT molecular complexity index is 929. The molecule has 0 N–H and O–H groups in total. The summed E-state index contributed by atoms with van der Waals surface area (Å²) in [5.41, 5.74) is 2.87. The highest BCUT2D eigenvalue weighted by Crippen LogP contribution is 2.40. The number of carbonyl (C=O) groups excluding carboxylic acids is 2. The van der Waals surface area contributed by atoms with Gasteiger partial charge in [0.05, 0.1) is 17.5 Å². The van der Waals surface area contributed by atoms with Crippen molar-refractivity contribution >= 4 is 17.5 Å². The molecular formula is C23H23NO3. The zero-order valence-electron chi connectivity index (χ0n) is 15.8. The summed E-state index contributed by atoms with van der Waals surface area (Å²) in [4.78, 5) is 27.0. The average Bonchev–Trinajstić information content (AvgIpc) is 2.92. The molecule has 1 fully saturated rings. The van der Waals surface area contributed by atoms with Crippen molar-refractivity contribution in [3.05, 3.63) is 65.7 Å². The molecule has 4 heteroatoms. The Balaban J connectivity index is 1.57. The summed E-state index contributed by atoms with van der Waals surface area (Å²) in [7, 11) is 0. The molecule has 4 nitrogen and oxygen atoms in total. The van der Waals surface area contributed by atoms with Gasteiger partial charge in [0, 0.05) is 0 Å². The number of hydrogen-bond acceptors (Lipinski definition) is 3. The fraction of sp³-hybridized carbons (Fsp3) is 0.304. The second-order valence-corrected chi connectivity index (χ2v) is 7.46. The van der Waals surface area contributed by atoms with Crippen LogP contribution < -0.4 is 9.64 Å². The molecule has 4 rings (SSSR count). The summed E-state index contributed by atoms with van der Waals surface area (Å²) < 4.78 is 5.97. The Morgan fingerprint density at radius 2 is 1.74 bits per heavy atom. The first-order chi connectivity index (χ1) is 13.0. The average molecular weight is 361 g/mol. The molecule has 0 spiro atoms. The van der Waals surface area contributed by atoms with E-state index in [9.17, 15) is 9.59 Å². The van der Waals surface area contributed by atoms with Crippen LogP contribution in [0.15, 0.2) is 54.6 Å². The second kappa shape index (κ2) is 6.69. The van der Waals surface area contributed by atoms with E-state index < -0.39 is 0 Å². The molecule has 0 radical (unpaired) electrons. The van der Waals surface area contributed by atoms with E-state index in [0.717, 1.165) is 11.3 Å². The van der Waals surface area contributed by atoms with Crippen molar-refractivity contribution < 1.29 is 14.3 Å². The van der Waals surface area contributed by atoms with Crippen LogP contribution in [0.5, 0.6) is 11.5 Å². The van der Waals surface area contributed by atoms with Gasteiger partial charge in [-0.1, -0.05) is 31.2 Å². The highest BCUT2D eigenvalue weighted by Gasteiger charge is 2.50. The highest BCUT2D eigenvalue weighted by molar-refractivity contribution is 6.22. The van der Waals surface area contributed by atoms with Crippen molar-refractivity contribution in [2.24, 2.45) is 17.8 Å². The molecular weight excluding hydrogens is 338 g/mol. The van der Waals surface area contributed by atoms with Gasteiger partial charge in [-0.2, -0.15) is 0 Å². The minimum absolute atomic E-state index is 0.0925. The minimum Gasteiger partial charge on any atom is -0.457 e. The van der Waals surface area contributed by atoms with Crippen molar-refractivity contribution in [3.63, 3.8) is 0 Å². The molecule has 2 aliphatic rings. The van der Waals surface area contributed by atoms with Crippen LogP contribution in [0.1, 0.15) is 24.5 Å². The number of ether oxygens (including phenoxy) is 1. The molecule has 138 valence electrons. The maximum atomic E-state index is 12.9. The molecule has 2 aromatic carbocycles. The Kier molecular flexibility index (Phi) is 4.34. The van der Waals surface area contributed by atoms with Crippen LogP contribution in [-0.2, 0) is 9.59 Å². The Morgan fingerprint density at radius 3 is 2.44 bits per heavy atom. The number of aryl methyl sites for hydroxylation is 1. The summed E-state index contributed by atoms with van der Waals surface area (Å²) in [5, 5.41) is 0. The van der Waals surface area contributed by atoms with E-state index in [1.54, 1.807) is 24.3 Å². The standard InChI is InChI=1S/C23H23NO3/c1-14-6-5-9-20(16(14)3)27-18-12-10-17(11-13-18)24-22(25)19-8-4-7-15(2)21(19)23(24)26/h4-7,9-13,15,19,21H,8H2,1-3H3/t15-,19-,21-/m1/s1. The van der Waals surface area contributed by atoms with Crippen molar-refractivity contribution in [2.75, 3.05) is 4.90 Å². The third-order valence-electron chi connectivity index (χ3n) is 5.75. The van der Waals surface area contributed by atoms with Gasteiger partial charge in [-0.25, -0.2) is 0 Å². The number of fused-ring (bicyclic) bond motifs is 1. The van der Waals surface area contributed by atoms with Gasteiger partial charge in [-0.3, -0.25) is 14.5 Å². The van der Waals surface area contributed by atoms with E-state index in [1.807, 2.05) is 51.1 Å². The lowest BCUT2D eigenvalue weighted by Gasteiger charge is -2.22. The lowest BCUT2D eigenvalue weighted by Crippen LogP contribution is -2.31. The molecule has 0 aromatic heterocycles. The number of nitrogens with zero attached hydrogens (tertiary/aromatic N) is 1. The second-order valence-electron chi connectivity index (χ2n) is 7.46. The molecule has 2 aromatic rings. The Morgan fingerprint density at radius 1 is 1.00 bits per heavy atom. The number of imide groups is 1. The molecule has 0 saturated carbocycles. The summed E-state index contributed by atoms with van der Waals surface area (Å²) in [6.45, 7) is 6.08. The van der Waals surface area contributed by atoms with E-state index in [-0.39, 0.29) is 29.6 Å². The molecule has 27 heavy (non-hydrogen) atoms. The Labute approximate surface area is 159 Å². The first-order valence-corrected chi connectivity index (χ1v) is 9.36. The molecule has 1 aliphatic heterocycles. The first-order valence-electron chi connectivity index (χ1n) is 9.36. The third kappa shape index (κ3) is 2.95. The molecule has 0 unspecified atom stereocenters. The van der Waals surface area contributed by atoms with Crippen LogP contribution in [-0.4, -0.2) is 11.8 Å². The van der Waals surface area contributed by atoms with Crippen LogP contribution >= 0.6 is 0 Å². The lowest BCUT2D eigenvalue weighted by molar-refractivity contribution is -0.122. The van der Waals surface area contributed by atoms with Crippen LogP contribution in [0, 0.1) is 31.6 Å². The fourth-order valence-electron chi connectivity index (χ4n) is 4.03. The van der Waals surface area contributed by atoms with Gasteiger partial charge in [0.2, 0.25) is 11.8 Å². The van der Waals surface area contributed by atoms with E-state index >= 15 is 0 Å². The van der Waals surface area contributed by atoms with Crippen LogP contribution in [0.3, 0.4) is 0 Å². The Hall–Kier alpha value is -2.88. The number of rotatable bonds is 3. The predicted octanol–water partition coefficient (Wildman–Crippen LogP) is 4.80.